The molecule has 0 aromatic rings. The molecule has 0 aliphatic heterocycles. The molecule has 0 spiro atoms. The van der Waals surface area contributed by atoms with Crippen LogP contribution in [0.4, 0.5) is 0 Å². The summed E-state index contributed by atoms with van der Waals surface area (Å²) in [5, 5.41) is 23.8. The van der Waals surface area contributed by atoms with Crippen LogP contribution < -0.4 is 5.32 Å². The fourth-order valence-electron chi connectivity index (χ4n) is 7.86. The second-order valence-corrected chi connectivity index (χ2v) is 18.3. The minimum absolute atomic E-state index is 0.0440. The number of unbranched alkanes of at least 4 members (excludes halogenated alkanes) is 24. The highest BCUT2D eigenvalue weighted by molar-refractivity contribution is 5.77. The number of ether oxygens (including phenoxy) is 1. The Morgan fingerprint density at radius 3 is 1.25 bits per heavy atom. The summed E-state index contributed by atoms with van der Waals surface area (Å²) >= 11 is 0. The quantitative estimate of drug-likeness (QED) is 0.0321. The first kappa shape index (κ1) is 61.3. The molecule has 0 heterocycles. The number of hydrogen-bond acceptors (Lipinski definition) is 5. The molecule has 6 heteroatoms. The lowest BCUT2D eigenvalue weighted by Gasteiger charge is -2.24. The summed E-state index contributed by atoms with van der Waals surface area (Å²) in [5.41, 5.74) is 0. The van der Waals surface area contributed by atoms with Gasteiger partial charge in [0, 0.05) is 6.42 Å². The molecule has 0 aromatic carbocycles. The average Bonchev–Trinajstić information content (AvgIpc) is 3.29. The molecule has 370 valence electrons. The molecule has 3 atom stereocenters. The third-order valence-electron chi connectivity index (χ3n) is 12.0. The van der Waals surface area contributed by atoms with Crippen molar-refractivity contribution in [3.63, 3.8) is 0 Å². The summed E-state index contributed by atoms with van der Waals surface area (Å²) < 4.78 is 5.92. The van der Waals surface area contributed by atoms with Gasteiger partial charge in [-0.3, -0.25) is 9.59 Å². The highest BCUT2D eigenvalue weighted by Crippen LogP contribution is 2.17. The normalized spacial score (nSPS) is 13.8. The summed E-state index contributed by atoms with van der Waals surface area (Å²) in [6.45, 7) is 6.41. The van der Waals surface area contributed by atoms with Crippen LogP contribution in [-0.4, -0.2) is 46.9 Å². The first-order valence-electron chi connectivity index (χ1n) is 27.2. The Kier molecular flexibility index (Phi) is 49.1. The summed E-state index contributed by atoms with van der Waals surface area (Å²) in [7, 11) is 0. The minimum Gasteiger partial charge on any atom is -0.462 e. The van der Waals surface area contributed by atoms with Crippen molar-refractivity contribution in [2.75, 3.05) is 6.61 Å². The number of nitrogens with one attached hydrogen (secondary N) is 1. The van der Waals surface area contributed by atoms with Gasteiger partial charge in [0.15, 0.2) is 0 Å². The van der Waals surface area contributed by atoms with E-state index < -0.39 is 18.2 Å². The van der Waals surface area contributed by atoms with Crippen molar-refractivity contribution in [1.82, 2.24) is 5.32 Å². The van der Waals surface area contributed by atoms with E-state index in [-0.39, 0.29) is 24.9 Å². The minimum atomic E-state index is -0.802. The largest absolute Gasteiger partial charge is 0.462 e. The van der Waals surface area contributed by atoms with Gasteiger partial charge >= 0.3 is 5.97 Å². The molecule has 0 saturated carbocycles. The smallest absolute Gasteiger partial charge is 0.306 e. The Morgan fingerprint density at radius 1 is 0.453 bits per heavy atom. The predicted octanol–water partition coefficient (Wildman–Crippen LogP) is 16.6. The van der Waals surface area contributed by atoms with Crippen molar-refractivity contribution in [2.24, 2.45) is 0 Å². The molecule has 0 aliphatic rings. The summed E-state index contributed by atoms with van der Waals surface area (Å²) in [6, 6.07) is -0.719. The monoisotopic (exact) mass is 894 g/mol. The Morgan fingerprint density at radius 2 is 0.797 bits per heavy atom. The van der Waals surface area contributed by atoms with Crippen molar-refractivity contribution >= 4 is 11.9 Å². The number of aliphatic hydroxyl groups is 2. The predicted molar refractivity (Wildman–Crippen MR) is 278 cm³/mol. The molecular formula is C58H103NO5. The van der Waals surface area contributed by atoms with Gasteiger partial charge in [0.25, 0.3) is 0 Å². The Balaban J connectivity index is 4.65. The van der Waals surface area contributed by atoms with Gasteiger partial charge in [-0.2, -0.15) is 0 Å². The molecule has 0 radical (unpaired) electrons. The van der Waals surface area contributed by atoms with E-state index in [1.54, 1.807) is 0 Å². The molecule has 3 unspecified atom stereocenters. The van der Waals surface area contributed by atoms with Gasteiger partial charge in [-0.05, 0) is 103 Å². The number of esters is 1. The van der Waals surface area contributed by atoms with Gasteiger partial charge in [0.2, 0.25) is 5.91 Å². The zero-order chi connectivity index (χ0) is 46.7. The summed E-state index contributed by atoms with van der Waals surface area (Å²) in [4.78, 5) is 26.2. The van der Waals surface area contributed by atoms with Crippen molar-refractivity contribution < 1.29 is 24.5 Å². The van der Waals surface area contributed by atoms with E-state index in [2.05, 4.69) is 99.0 Å². The van der Waals surface area contributed by atoms with Gasteiger partial charge in [-0.1, -0.05) is 216 Å². The number of amides is 1. The number of aliphatic hydroxyl groups excluding tert-OH is 2. The van der Waals surface area contributed by atoms with Crippen LogP contribution in [-0.2, 0) is 14.3 Å². The van der Waals surface area contributed by atoms with Gasteiger partial charge < -0.3 is 20.3 Å². The Bertz CT molecular complexity index is 1190. The number of allylic oxidation sites excluding steroid dienone is 12. The first-order valence-corrected chi connectivity index (χ1v) is 27.2. The molecule has 0 fully saturated rings. The Labute approximate surface area is 396 Å². The number of carbonyl (C=O) groups excluding carboxylic acids is 2. The molecule has 0 aliphatic carbocycles. The van der Waals surface area contributed by atoms with E-state index in [0.29, 0.717) is 19.3 Å². The van der Waals surface area contributed by atoms with Crippen molar-refractivity contribution in [2.45, 2.75) is 277 Å². The molecular weight excluding hydrogens is 791 g/mol. The van der Waals surface area contributed by atoms with Crippen LogP contribution in [0.3, 0.4) is 0 Å². The average molecular weight is 894 g/mol. The maximum absolute atomic E-state index is 13.2. The standard InChI is InChI=1S/C58H103NO5/c1-4-7-10-13-16-19-22-24-26-27-28-29-31-33-36-39-42-45-48-51-58(63)64-54(49-46-43-40-37-35-32-30-25-23-20-17-14-11-8-5-2)52-57(62)59-55(53-60)56(61)50-47-44-41-38-34-21-18-15-12-9-6-3/h16-17,19-20,24-26,28-30,35,37,54-56,60-61H,4-15,18,21-23,27,31-34,36,38-53H2,1-3H3,(H,59,62)/b19-16-,20-17-,26-24-,29-28-,30-25-,37-35-. The van der Waals surface area contributed by atoms with E-state index in [1.165, 1.54) is 122 Å². The molecule has 6 nitrogen and oxygen atoms in total. The molecule has 0 saturated heterocycles. The lowest BCUT2D eigenvalue weighted by Crippen LogP contribution is -2.46. The first-order chi connectivity index (χ1) is 31.5. The van der Waals surface area contributed by atoms with Crippen LogP contribution in [0, 0.1) is 0 Å². The maximum atomic E-state index is 13.2. The van der Waals surface area contributed by atoms with E-state index in [1.807, 2.05) is 0 Å². The molecule has 64 heavy (non-hydrogen) atoms. The highest BCUT2D eigenvalue weighted by Gasteiger charge is 2.24. The Hall–Kier alpha value is -2.70. The van der Waals surface area contributed by atoms with Crippen LogP contribution in [0.1, 0.15) is 258 Å². The lowest BCUT2D eigenvalue weighted by atomic mass is 10.0. The van der Waals surface area contributed by atoms with Crippen LogP contribution in [0.15, 0.2) is 72.9 Å². The van der Waals surface area contributed by atoms with Crippen LogP contribution in [0.5, 0.6) is 0 Å². The molecule has 0 bridgehead atoms. The van der Waals surface area contributed by atoms with Crippen molar-refractivity contribution in [3.05, 3.63) is 72.9 Å². The fourth-order valence-corrected chi connectivity index (χ4v) is 7.86. The third kappa shape index (κ3) is 45.9. The molecule has 0 aromatic heterocycles. The topological polar surface area (TPSA) is 95.9 Å². The maximum Gasteiger partial charge on any atom is 0.306 e. The SMILES string of the molecule is CCCCC/C=C\C/C=C\C/C=C\CCCCCCCCC(=O)OC(CCCC/C=C\C/C=C\C/C=C\CCCCC)CC(=O)NC(CO)C(O)CCCCCCCCCCCCC. The van der Waals surface area contributed by atoms with E-state index in [9.17, 15) is 19.8 Å². The van der Waals surface area contributed by atoms with Gasteiger partial charge in [0.05, 0.1) is 25.2 Å². The zero-order valence-corrected chi connectivity index (χ0v) is 42.1. The molecule has 1 amide bonds. The van der Waals surface area contributed by atoms with E-state index in [0.717, 1.165) is 89.9 Å². The molecule has 0 rings (SSSR count). The van der Waals surface area contributed by atoms with E-state index in [4.69, 9.17) is 4.74 Å². The van der Waals surface area contributed by atoms with Gasteiger partial charge in [-0.25, -0.2) is 0 Å². The number of rotatable bonds is 48. The van der Waals surface area contributed by atoms with Crippen molar-refractivity contribution in [1.29, 1.82) is 0 Å². The summed E-state index contributed by atoms with van der Waals surface area (Å²) in [6.07, 6.45) is 65.3. The van der Waals surface area contributed by atoms with Gasteiger partial charge in [-0.15, -0.1) is 0 Å². The van der Waals surface area contributed by atoms with Crippen LogP contribution in [0.2, 0.25) is 0 Å². The molecule has 3 N–H and O–H groups in total. The second-order valence-electron chi connectivity index (χ2n) is 18.3. The third-order valence-corrected chi connectivity index (χ3v) is 12.0. The second kappa shape index (κ2) is 51.3. The van der Waals surface area contributed by atoms with Crippen molar-refractivity contribution in [3.8, 4) is 0 Å². The van der Waals surface area contributed by atoms with Crippen LogP contribution >= 0.6 is 0 Å². The fraction of sp³-hybridized carbons (Fsp3) is 0.759. The number of carbonyl (C=O) groups is 2. The van der Waals surface area contributed by atoms with E-state index >= 15 is 0 Å². The lowest BCUT2D eigenvalue weighted by molar-refractivity contribution is -0.151. The van der Waals surface area contributed by atoms with Gasteiger partial charge in [0.1, 0.15) is 6.10 Å². The summed E-state index contributed by atoms with van der Waals surface area (Å²) in [5.74, 6) is -0.526. The number of hydrogen-bond donors (Lipinski definition) is 3. The highest BCUT2D eigenvalue weighted by atomic mass is 16.5. The zero-order valence-electron chi connectivity index (χ0n) is 42.1. The van der Waals surface area contributed by atoms with Crippen LogP contribution in [0.25, 0.3) is 0 Å².